The standard InChI is InChI=1S/C56H37N3/c1-3-14-38(15-4-1)41-18-13-21-45(34-41)57(44-19-5-2-6-20-44)46-30-27-43-37-48(31-28-42(43)36-46)59-52-24-11-9-22-49(52)50-32-33-54-55(56(50)59)51-23-10-12-25-53(51)58(54)47-29-26-39-16-7-8-17-40(39)35-47/h1-37H. The van der Waals surface area contributed by atoms with Gasteiger partial charge in [-0.1, -0.05) is 146 Å². The van der Waals surface area contributed by atoms with Gasteiger partial charge in [-0.15, -0.1) is 0 Å². The maximum Gasteiger partial charge on any atom is 0.0641 e. The Labute approximate surface area is 341 Å². The van der Waals surface area contributed by atoms with Crippen molar-refractivity contribution in [2.75, 3.05) is 4.90 Å². The molecule has 10 aromatic carbocycles. The van der Waals surface area contributed by atoms with E-state index in [0.717, 1.165) is 28.4 Å². The Kier molecular flexibility index (Phi) is 7.54. The molecule has 0 fully saturated rings. The van der Waals surface area contributed by atoms with Crippen LogP contribution >= 0.6 is 0 Å². The van der Waals surface area contributed by atoms with E-state index in [9.17, 15) is 0 Å². The molecule has 12 aromatic rings. The molecule has 2 aromatic heterocycles. The highest BCUT2D eigenvalue weighted by molar-refractivity contribution is 6.26. The van der Waals surface area contributed by atoms with Crippen molar-refractivity contribution >= 4 is 82.2 Å². The molecule has 0 aliphatic rings. The first-order valence-corrected chi connectivity index (χ1v) is 20.3. The quantitative estimate of drug-likeness (QED) is 0.165. The molecule has 0 N–H and O–H groups in total. The molecule has 0 spiro atoms. The van der Waals surface area contributed by atoms with Gasteiger partial charge in [0.2, 0.25) is 0 Å². The highest BCUT2D eigenvalue weighted by Crippen LogP contribution is 2.43. The van der Waals surface area contributed by atoms with Gasteiger partial charge in [-0.05, 0) is 112 Å². The van der Waals surface area contributed by atoms with Crippen molar-refractivity contribution in [3.8, 4) is 22.5 Å². The Hall–Kier alpha value is -7.88. The Morgan fingerprint density at radius 3 is 1.66 bits per heavy atom. The number of fused-ring (bicyclic) bond motifs is 9. The van der Waals surface area contributed by atoms with E-state index < -0.39 is 0 Å². The lowest BCUT2D eigenvalue weighted by Crippen LogP contribution is -2.09. The molecule has 0 atom stereocenters. The minimum absolute atomic E-state index is 1.11. The van der Waals surface area contributed by atoms with Crippen molar-refractivity contribution in [1.82, 2.24) is 9.13 Å². The molecule has 3 nitrogen and oxygen atoms in total. The molecule has 3 heteroatoms. The summed E-state index contributed by atoms with van der Waals surface area (Å²) < 4.78 is 4.93. The van der Waals surface area contributed by atoms with Gasteiger partial charge in [0.05, 0.1) is 22.1 Å². The summed E-state index contributed by atoms with van der Waals surface area (Å²) in [5, 5.41) is 9.85. The fraction of sp³-hybridized carbons (Fsp3) is 0. The molecule has 0 radical (unpaired) electrons. The van der Waals surface area contributed by atoms with Gasteiger partial charge in [0.25, 0.3) is 0 Å². The maximum atomic E-state index is 2.49. The molecule has 12 rings (SSSR count). The van der Waals surface area contributed by atoms with E-state index in [4.69, 9.17) is 0 Å². The summed E-state index contributed by atoms with van der Waals surface area (Å²) in [7, 11) is 0. The molecule has 0 saturated heterocycles. The minimum atomic E-state index is 1.11. The fourth-order valence-electron chi connectivity index (χ4n) is 9.35. The van der Waals surface area contributed by atoms with Crippen LogP contribution in [-0.2, 0) is 0 Å². The molecular formula is C56H37N3. The lowest BCUT2D eigenvalue weighted by Gasteiger charge is -2.26. The van der Waals surface area contributed by atoms with Gasteiger partial charge in [-0.2, -0.15) is 0 Å². The first-order valence-electron chi connectivity index (χ1n) is 20.3. The van der Waals surface area contributed by atoms with Crippen molar-refractivity contribution in [2.45, 2.75) is 0 Å². The van der Waals surface area contributed by atoms with Crippen LogP contribution in [0.1, 0.15) is 0 Å². The number of aromatic nitrogens is 2. The number of rotatable bonds is 6. The van der Waals surface area contributed by atoms with Crippen LogP contribution in [0.4, 0.5) is 17.1 Å². The molecule has 0 aliphatic heterocycles. The number of para-hydroxylation sites is 3. The van der Waals surface area contributed by atoms with Gasteiger partial charge in [-0.3, -0.25) is 0 Å². The second-order valence-corrected chi connectivity index (χ2v) is 15.4. The predicted molar refractivity (Wildman–Crippen MR) is 250 cm³/mol. The molecule has 0 saturated carbocycles. The summed E-state index contributed by atoms with van der Waals surface area (Å²) in [4.78, 5) is 2.36. The van der Waals surface area contributed by atoms with Crippen LogP contribution in [0.5, 0.6) is 0 Å². The van der Waals surface area contributed by atoms with E-state index in [1.807, 2.05) is 0 Å². The topological polar surface area (TPSA) is 13.1 Å². The second-order valence-electron chi connectivity index (χ2n) is 15.4. The first-order chi connectivity index (χ1) is 29.3. The van der Waals surface area contributed by atoms with E-state index in [1.54, 1.807) is 0 Å². The molecule has 0 bridgehead atoms. The van der Waals surface area contributed by atoms with Crippen LogP contribution in [0, 0.1) is 0 Å². The Balaban J connectivity index is 1.05. The van der Waals surface area contributed by atoms with E-state index in [0.29, 0.717) is 0 Å². The molecule has 0 unspecified atom stereocenters. The van der Waals surface area contributed by atoms with Gasteiger partial charge >= 0.3 is 0 Å². The maximum absolute atomic E-state index is 2.49. The molecule has 0 aliphatic carbocycles. The minimum Gasteiger partial charge on any atom is -0.310 e. The number of hydrogen-bond acceptors (Lipinski definition) is 1. The van der Waals surface area contributed by atoms with Crippen molar-refractivity contribution < 1.29 is 0 Å². The lowest BCUT2D eigenvalue weighted by atomic mass is 10.0. The number of hydrogen-bond donors (Lipinski definition) is 0. The Morgan fingerprint density at radius 1 is 0.288 bits per heavy atom. The predicted octanol–water partition coefficient (Wildman–Crippen LogP) is 15.3. The summed E-state index contributed by atoms with van der Waals surface area (Å²) in [6, 6.07) is 81.7. The Morgan fingerprint density at radius 2 is 0.847 bits per heavy atom. The average molecular weight is 752 g/mol. The van der Waals surface area contributed by atoms with Crippen LogP contribution in [0.15, 0.2) is 224 Å². The summed E-state index contributed by atoms with van der Waals surface area (Å²) in [6.07, 6.45) is 0. The fourth-order valence-corrected chi connectivity index (χ4v) is 9.35. The average Bonchev–Trinajstić information content (AvgIpc) is 3.83. The zero-order chi connectivity index (χ0) is 38.9. The Bertz CT molecular complexity index is 3560. The van der Waals surface area contributed by atoms with Crippen LogP contribution < -0.4 is 4.90 Å². The van der Waals surface area contributed by atoms with Crippen molar-refractivity contribution in [3.05, 3.63) is 224 Å². The normalized spacial score (nSPS) is 11.7. The highest BCUT2D eigenvalue weighted by Gasteiger charge is 2.21. The summed E-state index contributed by atoms with van der Waals surface area (Å²) in [5.74, 6) is 0. The molecule has 59 heavy (non-hydrogen) atoms. The molecule has 276 valence electrons. The largest absolute Gasteiger partial charge is 0.310 e. The molecule has 0 amide bonds. The highest BCUT2D eigenvalue weighted by atomic mass is 15.1. The SMILES string of the molecule is c1ccc(-c2cccc(N(c3ccccc3)c3ccc4cc(-n5c6ccccc6c6ccc7c(c8ccccc8n7-c7ccc8ccccc8c7)c65)ccc4c3)c2)cc1. The third-order valence-corrected chi connectivity index (χ3v) is 12.0. The summed E-state index contributed by atoms with van der Waals surface area (Å²) >= 11 is 0. The molecular weight excluding hydrogens is 715 g/mol. The third kappa shape index (κ3) is 5.36. The van der Waals surface area contributed by atoms with Crippen LogP contribution in [0.25, 0.3) is 87.7 Å². The van der Waals surface area contributed by atoms with Crippen molar-refractivity contribution in [1.29, 1.82) is 0 Å². The first kappa shape index (κ1) is 33.3. The van der Waals surface area contributed by atoms with Crippen LogP contribution in [-0.4, -0.2) is 9.13 Å². The van der Waals surface area contributed by atoms with Crippen LogP contribution in [0.2, 0.25) is 0 Å². The van der Waals surface area contributed by atoms with Gasteiger partial charge in [0.15, 0.2) is 0 Å². The third-order valence-electron chi connectivity index (χ3n) is 12.0. The second kappa shape index (κ2) is 13.4. The number of nitrogens with zero attached hydrogens (tertiary/aromatic N) is 3. The van der Waals surface area contributed by atoms with Crippen LogP contribution in [0.3, 0.4) is 0 Å². The lowest BCUT2D eigenvalue weighted by molar-refractivity contribution is 1.18. The van der Waals surface area contributed by atoms with Crippen molar-refractivity contribution in [2.24, 2.45) is 0 Å². The van der Waals surface area contributed by atoms with E-state index in [-0.39, 0.29) is 0 Å². The number of anilines is 3. The molecule has 2 heterocycles. The van der Waals surface area contributed by atoms with E-state index in [1.165, 1.54) is 76.3 Å². The monoisotopic (exact) mass is 751 g/mol. The van der Waals surface area contributed by atoms with Crippen molar-refractivity contribution in [3.63, 3.8) is 0 Å². The van der Waals surface area contributed by atoms with Gasteiger partial charge in [0.1, 0.15) is 0 Å². The van der Waals surface area contributed by atoms with E-state index >= 15 is 0 Å². The summed E-state index contributed by atoms with van der Waals surface area (Å²) in [6.45, 7) is 0. The van der Waals surface area contributed by atoms with Gasteiger partial charge in [-0.25, -0.2) is 0 Å². The zero-order valence-electron chi connectivity index (χ0n) is 32.2. The number of benzene rings is 10. The van der Waals surface area contributed by atoms with Gasteiger partial charge < -0.3 is 14.0 Å². The smallest absolute Gasteiger partial charge is 0.0641 e. The van der Waals surface area contributed by atoms with E-state index in [2.05, 4.69) is 238 Å². The summed E-state index contributed by atoms with van der Waals surface area (Å²) in [5.41, 5.74) is 12.9. The zero-order valence-corrected chi connectivity index (χ0v) is 32.2. The van der Waals surface area contributed by atoms with Gasteiger partial charge in [0, 0.05) is 50.0 Å².